The van der Waals surface area contributed by atoms with Crippen LogP contribution >= 0.6 is 0 Å². The molecule has 0 saturated heterocycles. The van der Waals surface area contributed by atoms with E-state index >= 15 is 0 Å². The summed E-state index contributed by atoms with van der Waals surface area (Å²) < 4.78 is 0. The predicted octanol–water partition coefficient (Wildman–Crippen LogP) is 2.74. The van der Waals surface area contributed by atoms with Crippen LogP contribution in [0.25, 0.3) is 11.1 Å². The van der Waals surface area contributed by atoms with E-state index < -0.39 is 11.6 Å². The number of rotatable bonds is 8. The Morgan fingerprint density at radius 2 is 1.76 bits per heavy atom. The third kappa shape index (κ3) is 5.87. The molecule has 0 spiro atoms. The van der Waals surface area contributed by atoms with Crippen molar-refractivity contribution in [1.29, 1.82) is 0 Å². The second kappa shape index (κ2) is 10.5. The van der Waals surface area contributed by atoms with E-state index in [9.17, 15) is 14.4 Å². The zero-order valence-corrected chi connectivity index (χ0v) is 18.6. The van der Waals surface area contributed by atoms with Crippen molar-refractivity contribution < 1.29 is 4.79 Å². The summed E-state index contributed by atoms with van der Waals surface area (Å²) >= 11 is 0. The van der Waals surface area contributed by atoms with E-state index in [1.165, 1.54) is 6.20 Å². The molecule has 0 aliphatic rings. The zero-order valence-electron chi connectivity index (χ0n) is 18.6. The largest absolute Gasteiger partial charge is 0.331 e. The molecule has 0 atom stereocenters. The Morgan fingerprint density at radius 3 is 2.47 bits per heavy atom. The first kappa shape index (κ1) is 22.7. The van der Waals surface area contributed by atoms with Gasteiger partial charge in [0.15, 0.2) is 0 Å². The highest BCUT2D eigenvalue weighted by atomic mass is 16.2. The molecule has 0 radical (unpaired) electrons. The normalized spacial score (nSPS) is 10.7. The maximum atomic E-state index is 12.5. The number of urea groups is 1. The summed E-state index contributed by atoms with van der Waals surface area (Å²) in [5, 5.41) is 8.58. The summed E-state index contributed by atoms with van der Waals surface area (Å²) in [5.41, 5.74) is 3.98. The summed E-state index contributed by atoms with van der Waals surface area (Å²) in [7, 11) is 0. The summed E-state index contributed by atoms with van der Waals surface area (Å²) in [4.78, 5) is 47.9. The lowest BCUT2D eigenvalue weighted by Gasteiger charge is -2.09. The average molecular weight is 460 g/mol. The van der Waals surface area contributed by atoms with Crippen molar-refractivity contribution in [1.82, 2.24) is 25.3 Å². The SMILES string of the molecule is Cc1ccccc1NC(=O)Nc1nc(=O)c(-c2ccc(CNCCc3c[nH]c(=O)[nH]3)cc2)c[nH]1. The number of anilines is 2. The van der Waals surface area contributed by atoms with Gasteiger partial charge in [0.1, 0.15) is 0 Å². The lowest BCUT2D eigenvalue weighted by atomic mass is 10.1. The van der Waals surface area contributed by atoms with E-state index in [0.29, 0.717) is 30.8 Å². The van der Waals surface area contributed by atoms with Gasteiger partial charge in [-0.1, -0.05) is 42.5 Å². The molecule has 10 heteroatoms. The second-order valence-electron chi connectivity index (χ2n) is 7.75. The number of para-hydroxylation sites is 1. The van der Waals surface area contributed by atoms with Crippen LogP contribution in [0.5, 0.6) is 0 Å². The molecule has 2 aromatic carbocycles. The molecule has 2 amide bonds. The summed E-state index contributed by atoms with van der Waals surface area (Å²) in [6, 6.07) is 14.5. The molecular formula is C24H25N7O3. The van der Waals surface area contributed by atoms with Gasteiger partial charge in [-0.05, 0) is 29.7 Å². The number of H-pyrrole nitrogens is 3. The van der Waals surface area contributed by atoms with E-state index in [4.69, 9.17) is 0 Å². The number of aromatic nitrogens is 4. The van der Waals surface area contributed by atoms with Gasteiger partial charge in [-0.3, -0.25) is 10.1 Å². The molecule has 0 fully saturated rings. The number of hydrogen-bond acceptors (Lipinski definition) is 5. The molecule has 0 saturated carbocycles. The minimum atomic E-state index is -0.495. The van der Waals surface area contributed by atoms with Gasteiger partial charge in [0.2, 0.25) is 5.95 Å². The maximum absolute atomic E-state index is 12.5. The summed E-state index contributed by atoms with van der Waals surface area (Å²) in [5.74, 6) is 0.0596. The van der Waals surface area contributed by atoms with Gasteiger partial charge in [0.25, 0.3) is 5.56 Å². The fourth-order valence-electron chi connectivity index (χ4n) is 3.40. The standard InChI is InChI=1S/C24H25N7O3/c1-15-4-2-3-5-20(15)29-24(34)31-22-26-14-19(21(32)30-22)17-8-6-16(7-9-17)12-25-11-10-18-13-27-23(33)28-18/h2-9,13-14,25H,10-12H2,1H3,(H2,27,28,33)(H3,26,29,30,31,32,34). The Labute approximate surface area is 194 Å². The first-order valence-corrected chi connectivity index (χ1v) is 10.8. The maximum Gasteiger partial charge on any atom is 0.326 e. The molecule has 2 heterocycles. The first-order chi connectivity index (χ1) is 16.5. The van der Waals surface area contributed by atoms with Crippen molar-refractivity contribution in [2.45, 2.75) is 19.9 Å². The van der Waals surface area contributed by atoms with Crippen LogP contribution in [0.1, 0.15) is 16.8 Å². The third-order valence-corrected chi connectivity index (χ3v) is 5.24. The van der Waals surface area contributed by atoms with E-state index in [1.54, 1.807) is 12.3 Å². The fourth-order valence-corrected chi connectivity index (χ4v) is 3.40. The lowest BCUT2D eigenvalue weighted by Crippen LogP contribution is -2.23. The number of hydrogen-bond donors (Lipinski definition) is 6. The van der Waals surface area contributed by atoms with Crippen molar-refractivity contribution >= 4 is 17.7 Å². The molecule has 4 rings (SSSR count). The van der Waals surface area contributed by atoms with Gasteiger partial charge in [-0.2, -0.15) is 4.98 Å². The highest BCUT2D eigenvalue weighted by Crippen LogP contribution is 2.16. The Kier molecular flexibility index (Phi) is 6.99. The number of nitrogens with zero attached hydrogens (tertiary/aromatic N) is 1. The molecule has 174 valence electrons. The Balaban J connectivity index is 1.32. The summed E-state index contributed by atoms with van der Waals surface area (Å²) in [6.07, 6.45) is 3.91. The van der Waals surface area contributed by atoms with Gasteiger partial charge in [-0.25, -0.2) is 9.59 Å². The quantitative estimate of drug-likeness (QED) is 0.224. The van der Waals surface area contributed by atoms with Gasteiger partial charge < -0.3 is 25.6 Å². The highest BCUT2D eigenvalue weighted by Gasteiger charge is 2.09. The Hall–Kier alpha value is -4.44. The van der Waals surface area contributed by atoms with Crippen LogP contribution in [-0.2, 0) is 13.0 Å². The number of imidazole rings is 1. The van der Waals surface area contributed by atoms with Crippen LogP contribution in [0.15, 0.2) is 70.5 Å². The molecule has 0 bridgehead atoms. The minimum Gasteiger partial charge on any atom is -0.331 e. The lowest BCUT2D eigenvalue weighted by molar-refractivity contribution is 0.262. The Bertz CT molecular complexity index is 1390. The number of carbonyl (C=O) groups excluding carboxylic acids is 1. The van der Waals surface area contributed by atoms with Gasteiger partial charge in [0, 0.05) is 43.3 Å². The molecule has 4 aromatic rings. The topological polar surface area (TPSA) is 148 Å². The average Bonchev–Trinajstić information content (AvgIpc) is 3.24. The van der Waals surface area contributed by atoms with Crippen molar-refractivity contribution in [2.24, 2.45) is 0 Å². The van der Waals surface area contributed by atoms with Gasteiger partial charge in [-0.15, -0.1) is 0 Å². The van der Waals surface area contributed by atoms with E-state index in [-0.39, 0.29) is 11.6 Å². The molecule has 0 aliphatic heterocycles. The smallest absolute Gasteiger partial charge is 0.326 e. The van der Waals surface area contributed by atoms with Crippen LogP contribution in [0.3, 0.4) is 0 Å². The number of aryl methyl sites for hydroxylation is 1. The second-order valence-corrected chi connectivity index (χ2v) is 7.75. The number of amides is 2. The third-order valence-electron chi connectivity index (χ3n) is 5.24. The first-order valence-electron chi connectivity index (χ1n) is 10.8. The van der Waals surface area contributed by atoms with Crippen LogP contribution in [0.2, 0.25) is 0 Å². The zero-order chi connectivity index (χ0) is 23.9. The fraction of sp³-hybridized carbons (Fsp3) is 0.167. The van der Waals surface area contributed by atoms with E-state index in [1.807, 2.05) is 49.4 Å². The van der Waals surface area contributed by atoms with Crippen LogP contribution in [-0.4, -0.2) is 32.5 Å². The van der Waals surface area contributed by atoms with Crippen molar-refractivity contribution in [3.63, 3.8) is 0 Å². The van der Waals surface area contributed by atoms with Crippen LogP contribution < -0.4 is 27.2 Å². The molecule has 10 nitrogen and oxygen atoms in total. The van der Waals surface area contributed by atoms with E-state index in [0.717, 1.165) is 22.4 Å². The Morgan fingerprint density at radius 1 is 0.971 bits per heavy atom. The van der Waals surface area contributed by atoms with Crippen LogP contribution in [0.4, 0.5) is 16.4 Å². The summed E-state index contributed by atoms with van der Waals surface area (Å²) in [6.45, 7) is 3.26. The minimum absolute atomic E-state index is 0.0596. The van der Waals surface area contributed by atoms with Crippen LogP contribution in [0, 0.1) is 6.92 Å². The molecule has 0 aliphatic carbocycles. The number of benzene rings is 2. The van der Waals surface area contributed by atoms with Gasteiger partial charge in [0.05, 0.1) is 5.56 Å². The highest BCUT2D eigenvalue weighted by molar-refractivity contribution is 5.99. The van der Waals surface area contributed by atoms with Crippen molar-refractivity contribution in [2.75, 3.05) is 17.2 Å². The van der Waals surface area contributed by atoms with Crippen molar-refractivity contribution in [3.8, 4) is 11.1 Å². The predicted molar refractivity (Wildman–Crippen MR) is 131 cm³/mol. The van der Waals surface area contributed by atoms with E-state index in [2.05, 4.69) is 35.9 Å². The van der Waals surface area contributed by atoms with Crippen molar-refractivity contribution in [3.05, 3.63) is 98.6 Å². The molecule has 2 aromatic heterocycles. The number of aromatic amines is 3. The molecule has 34 heavy (non-hydrogen) atoms. The van der Waals surface area contributed by atoms with Gasteiger partial charge >= 0.3 is 11.7 Å². The molecular weight excluding hydrogens is 434 g/mol. The number of carbonyl (C=O) groups is 1. The number of nitrogens with one attached hydrogen (secondary N) is 6. The molecule has 6 N–H and O–H groups in total. The molecule has 0 unspecified atom stereocenters. The monoisotopic (exact) mass is 459 g/mol.